The van der Waals surface area contributed by atoms with Gasteiger partial charge in [-0.15, -0.1) is 0 Å². The van der Waals surface area contributed by atoms with E-state index in [4.69, 9.17) is 0 Å². The number of aromatic nitrogens is 1. The lowest BCUT2D eigenvalue weighted by molar-refractivity contribution is 0.495. The minimum atomic E-state index is -1.21. The highest BCUT2D eigenvalue weighted by Gasteiger charge is 2.14. The van der Waals surface area contributed by atoms with Gasteiger partial charge in [0.2, 0.25) is 0 Å². The van der Waals surface area contributed by atoms with Gasteiger partial charge < -0.3 is 4.90 Å². The highest BCUT2D eigenvalue weighted by Crippen LogP contribution is 2.26. The second kappa shape index (κ2) is 4.45. The molecule has 0 unspecified atom stereocenters. The summed E-state index contributed by atoms with van der Waals surface area (Å²) < 4.78 is 39.3. The van der Waals surface area contributed by atoms with Gasteiger partial charge in [-0.1, -0.05) is 6.07 Å². The van der Waals surface area contributed by atoms with E-state index in [0.717, 1.165) is 6.07 Å². The fraction of sp³-hybridized carbons (Fsp3) is 0.0833. The Kier molecular flexibility index (Phi) is 2.99. The van der Waals surface area contributed by atoms with Crippen molar-refractivity contribution in [3.05, 3.63) is 54.0 Å². The van der Waals surface area contributed by atoms with Crippen LogP contribution in [0.4, 0.5) is 24.7 Å². The van der Waals surface area contributed by atoms with E-state index in [9.17, 15) is 13.2 Å². The standard InChI is InChI=1S/C12H9F3N2/c1-17(12-4-2-3-5-16-12)11-7-9(14)8(13)6-10(11)15/h2-7H,1H3. The van der Waals surface area contributed by atoms with Gasteiger partial charge in [-0.05, 0) is 12.1 Å². The van der Waals surface area contributed by atoms with Crippen LogP contribution in [0.1, 0.15) is 0 Å². The summed E-state index contributed by atoms with van der Waals surface area (Å²) in [6.07, 6.45) is 1.53. The first kappa shape index (κ1) is 11.4. The molecule has 1 aromatic carbocycles. The SMILES string of the molecule is CN(c1ccccn1)c1cc(F)c(F)cc1F. The van der Waals surface area contributed by atoms with Crippen LogP contribution in [0.25, 0.3) is 0 Å². The minimum Gasteiger partial charge on any atom is -0.327 e. The van der Waals surface area contributed by atoms with Gasteiger partial charge >= 0.3 is 0 Å². The number of nitrogens with zero attached hydrogens (tertiary/aromatic N) is 2. The van der Waals surface area contributed by atoms with E-state index in [0.29, 0.717) is 11.9 Å². The third-order valence-corrected chi connectivity index (χ3v) is 2.34. The molecule has 0 aliphatic heterocycles. The van der Waals surface area contributed by atoms with E-state index in [-0.39, 0.29) is 5.69 Å². The molecule has 0 bridgehead atoms. The van der Waals surface area contributed by atoms with Gasteiger partial charge in [0.1, 0.15) is 11.6 Å². The van der Waals surface area contributed by atoms with Gasteiger partial charge in [0.25, 0.3) is 0 Å². The predicted molar refractivity (Wildman–Crippen MR) is 58.6 cm³/mol. The average molecular weight is 238 g/mol. The summed E-state index contributed by atoms with van der Waals surface area (Å²) in [5.41, 5.74) is -0.0670. The molecule has 0 radical (unpaired) electrons. The van der Waals surface area contributed by atoms with Crippen molar-refractivity contribution in [1.29, 1.82) is 0 Å². The number of halogens is 3. The second-order valence-electron chi connectivity index (χ2n) is 3.46. The van der Waals surface area contributed by atoms with Crippen LogP contribution in [0.2, 0.25) is 0 Å². The molecule has 0 spiro atoms. The van der Waals surface area contributed by atoms with E-state index in [1.54, 1.807) is 18.2 Å². The Morgan fingerprint density at radius 2 is 1.71 bits per heavy atom. The Bertz CT molecular complexity index is 529. The van der Waals surface area contributed by atoms with Gasteiger partial charge in [-0.25, -0.2) is 18.2 Å². The lowest BCUT2D eigenvalue weighted by Crippen LogP contribution is -2.13. The molecular formula is C12H9F3N2. The van der Waals surface area contributed by atoms with Crippen LogP contribution in [0.5, 0.6) is 0 Å². The first-order valence-electron chi connectivity index (χ1n) is 4.89. The van der Waals surface area contributed by atoms with Gasteiger partial charge in [-0.3, -0.25) is 0 Å². The molecule has 2 rings (SSSR count). The zero-order valence-electron chi connectivity index (χ0n) is 8.99. The smallest absolute Gasteiger partial charge is 0.161 e. The zero-order valence-corrected chi connectivity index (χ0v) is 8.99. The lowest BCUT2D eigenvalue weighted by atomic mass is 10.2. The molecule has 0 saturated carbocycles. The van der Waals surface area contributed by atoms with Crippen LogP contribution in [0.3, 0.4) is 0 Å². The number of hydrogen-bond acceptors (Lipinski definition) is 2. The van der Waals surface area contributed by atoms with Crippen LogP contribution in [-0.4, -0.2) is 12.0 Å². The number of rotatable bonds is 2. The van der Waals surface area contributed by atoms with Crippen molar-refractivity contribution < 1.29 is 13.2 Å². The molecule has 5 heteroatoms. The molecule has 0 saturated heterocycles. The molecular weight excluding hydrogens is 229 g/mol. The maximum Gasteiger partial charge on any atom is 0.161 e. The Labute approximate surface area is 96.3 Å². The van der Waals surface area contributed by atoms with E-state index in [1.807, 2.05) is 0 Å². The van der Waals surface area contributed by atoms with Crippen molar-refractivity contribution in [3.63, 3.8) is 0 Å². The number of anilines is 2. The van der Waals surface area contributed by atoms with Crippen molar-refractivity contribution in [3.8, 4) is 0 Å². The number of benzene rings is 1. The van der Waals surface area contributed by atoms with Crippen LogP contribution >= 0.6 is 0 Å². The third-order valence-electron chi connectivity index (χ3n) is 2.34. The van der Waals surface area contributed by atoms with Crippen molar-refractivity contribution >= 4 is 11.5 Å². The summed E-state index contributed by atoms with van der Waals surface area (Å²) in [4.78, 5) is 5.34. The van der Waals surface area contributed by atoms with Crippen molar-refractivity contribution in [2.45, 2.75) is 0 Å². The quantitative estimate of drug-likeness (QED) is 0.746. The Hall–Kier alpha value is -2.04. The number of pyridine rings is 1. The fourth-order valence-corrected chi connectivity index (χ4v) is 1.44. The van der Waals surface area contributed by atoms with E-state index >= 15 is 0 Å². The molecule has 0 atom stereocenters. The maximum absolute atomic E-state index is 13.5. The van der Waals surface area contributed by atoms with Gasteiger partial charge in [0.15, 0.2) is 11.6 Å². The summed E-state index contributed by atoms with van der Waals surface area (Å²) in [7, 11) is 1.53. The molecule has 0 amide bonds. The Morgan fingerprint density at radius 3 is 2.35 bits per heavy atom. The van der Waals surface area contributed by atoms with Crippen molar-refractivity contribution in [1.82, 2.24) is 4.98 Å². The highest BCUT2D eigenvalue weighted by molar-refractivity contribution is 5.59. The molecule has 1 aromatic heterocycles. The van der Waals surface area contributed by atoms with Gasteiger partial charge in [-0.2, -0.15) is 0 Å². The molecule has 2 aromatic rings. The maximum atomic E-state index is 13.5. The van der Waals surface area contributed by atoms with Crippen LogP contribution in [0.15, 0.2) is 36.5 Å². The molecule has 0 fully saturated rings. The lowest BCUT2D eigenvalue weighted by Gasteiger charge is -2.18. The Balaban J connectivity index is 2.44. The van der Waals surface area contributed by atoms with Gasteiger partial charge in [0.05, 0.1) is 5.69 Å². The first-order valence-corrected chi connectivity index (χ1v) is 4.89. The van der Waals surface area contributed by atoms with Crippen LogP contribution < -0.4 is 4.90 Å². The van der Waals surface area contributed by atoms with E-state index in [2.05, 4.69) is 4.98 Å². The normalized spacial score (nSPS) is 10.4. The topological polar surface area (TPSA) is 16.1 Å². The van der Waals surface area contributed by atoms with Crippen molar-refractivity contribution in [2.24, 2.45) is 0 Å². The van der Waals surface area contributed by atoms with Crippen molar-refractivity contribution in [2.75, 3.05) is 11.9 Å². The molecule has 17 heavy (non-hydrogen) atoms. The summed E-state index contributed by atoms with van der Waals surface area (Å²) in [6.45, 7) is 0. The van der Waals surface area contributed by atoms with Crippen LogP contribution in [-0.2, 0) is 0 Å². The molecule has 2 nitrogen and oxygen atoms in total. The fourth-order valence-electron chi connectivity index (χ4n) is 1.44. The largest absolute Gasteiger partial charge is 0.327 e. The molecule has 88 valence electrons. The molecule has 1 heterocycles. The second-order valence-corrected chi connectivity index (χ2v) is 3.46. The monoisotopic (exact) mass is 238 g/mol. The molecule has 0 N–H and O–H groups in total. The van der Waals surface area contributed by atoms with E-state index < -0.39 is 17.5 Å². The average Bonchev–Trinajstić information content (AvgIpc) is 2.34. The highest BCUT2D eigenvalue weighted by atomic mass is 19.2. The number of hydrogen-bond donors (Lipinski definition) is 0. The summed E-state index contributed by atoms with van der Waals surface area (Å²) in [5.74, 6) is -2.70. The minimum absolute atomic E-state index is 0.0670. The Morgan fingerprint density at radius 1 is 1.00 bits per heavy atom. The first-order chi connectivity index (χ1) is 8.09. The summed E-state index contributed by atoms with van der Waals surface area (Å²) >= 11 is 0. The summed E-state index contributed by atoms with van der Waals surface area (Å²) in [6, 6.07) is 6.39. The van der Waals surface area contributed by atoms with Crippen LogP contribution in [0, 0.1) is 17.5 Å². The molecule has 0 aliphatic carbocycles. The summed E-state index contributed by atoms with van der Waals surface area (Å²) in [5, 5.41) is 0. The van der Waals surface area contributed by atoms with E-state index in [1.165, 1.54) is 18.1 Å². The predicted octanol–water partition coefficient (Wildman–Crippen LogP) is 3.27. The third kappa shape index (κ3) is 2.22. The zero-order chi connectivity index (χ0) is 12.4. The molecule has 0 aliphatic rings. The van der Waals surface area contributed by atoms with Gasteiger partial charge in [0, 0.05) is 25.4 Å².